The lowest BCUT2D eigenvalue weighted by molar-refractivity contribution is 1.07. The smallest absolute Gasteiger partial charge is 0.141 e. The van der Waals surface area contributed by atoms with Gasteiger partial charge in [0.05, 0.1) is 23.7 Å². The first-order valence-corrected chi connectivity index (χ1v) is 5.90. The van der Waals surface area contributed by atoms with Gasteiger partial charge in [-0.15, -0.1) is 0 Å². The fourth-order valence-corrected chi connectivity index (χ4v) is 2.09. The summed E-state index contributed by atoms with van der Waals surface area (Å²) in [4.78, 5) is 6.00. The van der Waals surface area contributed by atoms with Gasteiger partial charge in [0, 0.05) is 12.7 Å². The number of thiocarbonyl (C=S) groups is 1. The first kappa shape index (κ1) is 12.0. The van der Waals surface area contributed by atoms with Gasteiger partial charge < -0.3 is 4.90 Å². The summed E-state index contributed by atoms with van der Waals surface area (Å²) in [6, 6.07) is 5.89. The summed E-state index contributed by atoms with van der Waals surface area (Å²) in [5.74, 6) is 0.385. The minimum Gasteiger partial charge on any atom is -0.326 e. The van der Waals surface area contributed by atoms with Crippen LogP contribution in [0.4, 0.5) is 5.69 Å². The van der Waals surface area contributed by atoms with Crippen LogP contribution in [0.25, 0.3) is 0 Å². The number of nitriles is 1. The van der Waals surface area contributed by atoms with Crippen LogP contribution in [0.1, 0.15) is 6.92 Å². The summed E-state index contributed by atoms with van der Waals surface area (Å²) < 4.78 is 0.715. The molecule has 78 valence electrons. The van der Waals surface area contributed by atoms with Gasteiger partial charge in [0.1, 0.15) is 4.32 Å². The Morgan fingerprint density at radius 3 is 3.07 bits per heavy atom. The second-order valence-electron chi connectivity index (χ2n) is 2.67. The maximum Gasteiger partial charge on any atom is 0.141 e. The zero-order valence-electron chi connectivity index (χ0n) is 8.38. The highest BCUT2D eigenvalue weighted by Crippen LogP contribution is 2.17. The Bertz CT molecular complexity index is 359. The molecule has 0 spiro atoms. The minimum absolute atomic E-state index is 0.385. The molecular formula is C10H11N3S2. The third-order valence-corrected chi connectivity index (χ3v) is 3.07. The summed E-state index contributed by atoms with van der Waals surface area (Å²) in [5.41, 5.74) is 0.968. The monoisotopic (exact) mass is 237 g/mol. The van der Waals surface area contributed by atoms with Gasteiger partial charge in [-0.1, -0.05) is 24.0 Å². The molecule has 5 heteroatoms. The molecule has 15 heavy (non-hydrogen) atoms. The molecule has 1 aromatic rings. The molecule has 0 saturated carbocycles. The van der Waals surface area contributed by atoms with Gasteiger partial charge in [-0.25, -0.2) is 0 Å². The van der Waals surface area contributed by atoms with E-state index in [4.69, 9.17) is 17.5 Å². The van der Waals surface area contributed by atoms with Crippen molar-refractivity contribution in [2.24, 2.45) is 0 Å². The van der Waals surface area contributed by atoms with Crippen molar-refractivity contribution >= 4 is 34.0 Å². The molecule has 0 aliphatic carbocycles. The molecule has 0 atom stereocenters. The molecule has 0 aliphatic rings. The van der Waals surface area contributed by atoms with Crippen molar-refractivity contribution in [3.05, 3.63) is 24.5 Å². The summed E-state index contributed by atoms with van der Waals surface area (Å²) in [6.07, 6.45) is 3.49. The van der Waals surface area contributed by atoms with Gasteiger partial charge in [0.15, 0.2) is 0 Å². The molecule has 0 amide bonds. The first-order chi connectivity index (χ1) is 7.29. The lowest BCUT2D eigenvalue weighted by Crippen LogP contribution is -2.26. The molecule has 1 heterocycles. The number of hydrogen-bond acceptors (Lipinski definition) is 4. The van der Waals surface area contributed by atoms with Crippen molar-refractivity contribution in [1.82, 2.24) is 4.98 Å². The third-order valence-electron chi connectivity index (χ3n) is 1.75. The number of anilines is 1. The molecular weight excluding hydrogens is 226 g/mol. The number of pyridine rings is 1. The van der Waals surface area contributed by atoms with E-state index in [0.29, 0.717) is 10.1 Å². The van der Waals surface area contributed by atoms with E-state index in [1.807, 2.05) is 24.0 Å². The molecule has 3 nitrogen and oxygen atoms in total. The number of nitrogens with zero attached hydrogens (tertiary/aromatic N) is 3. The van der Waals surface area contributed by atoms with Crippen molar-refractivity contribution in [2.45, 2.75) is 6.92 Å². The Kier molecular flexibility index (Phi) is 5.08. The van der Waals surface area contributed by atoms with Crippen LogP contribution in [0.2, 0.25) is 0 Å². The molecule has 0 saturated heterocycles. The van der Waals surface area contributed by atoms with Gasteiger partial charge in [-0.05, 0) is 19.1 Å². The van der Waals surface area contributed by atoms with Gasteiger partial charge >= 0.3 is 0 Å². The first-order valence-electron chi connectivity index (χ1n) is 4.51. The third kappa shape index (κ3) is 3.50. The molecule has 1 rings (SSSR count). The second-order valence-corrected chi connectivity index (χ2v) is 4.28. The second kappa shape index (κ2) is 6.38. The SMILES string of the molecule is CCN(C(=S)SCC#N)c1cccnc1. The van der Waals surface area contributed by atoms with Crippen LogP contribution >= 0.6 is 24.0 Å². The van der Waals surface area contributed by atoms with Crippen LogP contribution in [0.15, 0.2) is 24.5 Å². The number of aromatic nitrogens is 1. The molecule has 0 aliphatic heterocycles. The van der Waals surface area contributed by atoms with Gasteiger partial charge in [0.25, 0.3) is 0 Å². The normalized spacial score (nSPS) is 9.33. The van der Waals surface area contributed by atoms with Gasteiger partial charge in [0.2, 0.25) is 0 Å². The number of rotatable bonds is 3. The molecule has 0 unspecified atom stereocenters. The van der Waals surface area contributed by atoms with E-state index in [2.05, 4.69) is 11.1 Å². The van der Waals surface area contributed by atoms with Crippen LogP contribution in [-0.4, -0.2) is 21.6 Å². The summed E-state index contributed by atoms with van der Waals surface area (Å²) in [7, 11) is 0. The largest absolute Gasteiger partial charge is 0.326 e. The predicted molar refractivity (Wildman–Crippen MR) is 67.9 cm³/mol. The molecule has 0 bridgehead atoms. The molecule has 0 N–H and O–H groups in total. The Morgan fingerprint density at radius 1 is 1.73 bits per heavy atom. The Hall–Kier alpha value is -1.12. The maximum absolute atomic E-state index is 8.48. The highest BCUT2D eigenvalue weighted by Gasteiger charge is 2.09. The van der Waals surface area contributed by atoms with Crippen LogP contribution < -0.4 is 4.90 Å². The van der Waals surface area contributed by atoms with E-state index in [9.17, 15) is 0 Å². The lowest BCUT2D eigenvalue weighted by Gasteiger charge is -2.21. The quantitative estimate of drug-likeness (QED) is 0.755. The average Bonchev–Trinajstić information content (AvgIpc) is 2.29. The molecule has 0 fully saturated rings. The van der Waals surface area contributed by atoms with Crippen LogP contribution in [0.5, 0.6) is 0 Å². The highest BCUT2D eigenvalue weighted by atomic mass is 32.2. The van der Waals surface area contributed by atoms with Crippen molar-refractivity contribution < 1.29 is 0 Å². The standard InChI is InChI=1S/C10H11N3S2/c1-2-13(10(14)15-7-5-11)9-4-3-6-12-8-9/h3-4,6,8H,2,7H2,1H3. The lowest BCUT2D eigenvalue weighted by atomic mass is 10.4. The van der Waals surface area contributed by atoms with Crippen molar-refractivity contribution in [1.29, 1.82) is 5.26 Å². The van der Waals surface area contributed by atoms with Crippen LogP contribution in [0, 0.1) is 11.3 Å². The Labute approximate surface area is 99.1 Å². The van der Waals surface area contributed by atoms with E-state index < -0.39 is 0 Å². The van der Waals surface area contributed by atoms with Crippen molar-refractivity contribution in [3.8, 4) is 6.07 Å². The molecule has 1 aromatic heterocycles. The molecule has 0 radical (unpaired) electrons. The number of thioether (sulfide) groups is 1. The van der Waals surface area contributed by atoms with E-state index in [0.717, 1.165) is 12.2 Å². The fraction of sp³-hybridized carbons (Fsp3) is 0.300. The van der Waals surface area contributed by atoms with Gasteiger partial charge in [-0.3, -0.25) is 4.98 Å². The van der Waals surface area contributed by atoms with E-state index >= 15 is 0 Å². The predicted octanol–water partition coefficient (Wildman–Crippen LogP) is 2.45. The Morgan fingerprint density at radius 2 is 2.53 bits per heavy atom. The van der Waals surface area contributed by atoms with Gasteiger partial charge in [-0.2, -0.15) is 5.26 Å². The van der Waals surface area contributed by atoms with E-state index in [-0.39, 0.29) is 0 Å². The number of hydrogen-bond donors (Lipinski definition) is 0. The summed E-state index contributed by atoms with van der Waals surface area (Å²) in [6.45, 7) is 2.80. The van der Waals surface area contributed by atoms with E-state index in [1.54, 1.807) is 12.4 Å². The van der Waals surface area contributed by atoms with Crippen LogP contribution in [0.3, 0.4) is 0 Å². The van der Waals surface area contributed by atoms with Crippen molar-refractivity contribution in [2.75, 3.05) is 17.2 Å². The zero-order chi connectivity index (χ0) is 11.1. The summed E-state index contributed by atoms with van der Waals surface area (Å²) >= 11 is 6.60. The fourth-order valence-electron chi connectivity index (χ4n) is 1.10. The summed E-state index contributed by atoms with van der Waals surface area (Å²) in [5, 5.41) is 8.48. The Balaban J connectivity index is 2.72. The average molecular weight is 237 g/mol. The topological polar surface area (TPSA) is 39.9 Å². The van der Waals surface area contributed by atoms with Crippen LogP contribution in [-0.2, 0) is 0 Å². The zero-order valence-corrected chi connectivity index (χ0v) is 10.0. The molecule has 0 aromatic carbocycles. The minimum atomic E-state index is 0.385. The highest BCUT2D eigenvalue weighted by molar-refractivity contribution is 8.23. The van der Waals surface area contributed by atoms with E-state index in [1.165, 1.54) is 11.8 Å². The van der Waals surface area contributed by atoms with Crippen molar-refractivity contribution in [3.63, 3.8) is 0 Å². The maximum atomic E-state index is 8.48.